The Labute approximate surface area is 141 Å². The maximum atomic E-state index is 12.5. The highest BCUT2D eigenvalue weighted by Gasteiger charge is 2.16. The largest absolute Gasteiger partial charge is 0.392 e. The average Bonchev–Trinajstić information content (AvgIpc) is 2.68. The molecule has 1 aliphatic heterocycles. The molecular weight excluding hydrogens is 306 g/mol. The van der Waals surface area contributed by atoms with Crippen molar-refractivity contribution >= 4 is 17.4 Å². The van der Waals surface area contributed by atoms with Crippen LogP contribution >= 0.6 is 0 Å². The molecule has 1 aliphatic rings. The maximum Gasteiger partial charge on any atom is 0.258 e. The van der Waals surface area contributed by atoms with Crippen LogP contribution in [0.3, 0.4) is 0 Å². The van der Waals surface area contributed by atoms with Crippen molar-refractivity contribution in [3.8, 4) is 0 Å². The average molecular weight is 327 g/mol. The minimum Gasteiger partial charge on any atom is -0.392 e. The van der Waals surface area contributed by atoms with Crippen LogP contribution in [0.25, 0.3) is 0 Å². The molecule has 0 saturated carbocycles. The van der Waals surface area contributed by atoms with Crippen LogP contribution in [0.2, 0.25) is 0 Å². The summed E-state index contributed by atoms with van der Waals surface area (Å²) in [4.78, 5) is 20.8. The number of carbonyl (C=O) groups excluding carboxylic acids is 1. The van der Waals surface area contributed by atoms with Gasteiger partial charge in [0.2, 0.25) is 0 Å². The molecule has 0 radical (unpaired) electrons. The Morgan fingerprint density at radius 2 is 1.92 bits per heavy atom. The molecule has 0 atom stereocenters. The Bertz CT molecular complexity index is 680. The number of rotatable bonds is 4. The van der Waals surface area contributed by atoms with Gasteiger partial charge in [0.1, 0.15) is 5.82 Å². The molecule has 6 heteroatoms. The van der Waals surface area contributed by atoms with Crippen LogP contribution in [0.1, 0.15) is 15.9 Å². The Morgan fingerprint density at radius 3 is 2.50 bits per heavy atom. The Morgan fingerprint density at radius 1 is 1.21 bits per heavy atom. The summed E-state index contributed by atoms with van der Waals surface area (Å²) in [6.07, 6.45) is 1.71. The standard InChI is InChI=1S/C18H21N3O3/c1-20(18(23)15-4-2-14(13-22)3-5-15)16-6-7-17(19-12-16)21-8-10-24-11-9-21/h2-7,12,22H,8-11,13H2,1H3. The number of aliphatic hydroxyl groups is 1. The number of hydrogen-bond acceptors (Lipinski definition) is 5. The number of benzene rings is 1. The van der Waals surface area contributed by atoms with Gasteiger partial charge in [-0.15, -0.1) is 0 Å². The molecule has 0 spiro atoms. The van der Waals surface area contributed by atoms with E-state index in [4.69, 9.17) is 9.84 Å². The van der Waals surface area contributed by atoms with E-state index >= 15 is 0 Å². The smallest absolute Gasteiger partial charge is 0.258 e. The van der Waals surface area contributed by atoms with Crippen molar-refractivity contribution < 1.29 is 14.6 Å². The fourth-order valence-electron chi connectivity index (χ4n) is 2.62. The number of hydrogen-bond donors (Lipinski definition) is 1. The van der Waals surface area contributed by atoms with E-state index in [0.29, 0.717) is 18.8 Å². The first kappa shape index (κ1) is 16.4. The number of anilines is 2. The van der Waals surface area contributed by atoms with E-state index in [1.165, 1.54) is 0 Å². The summed E-state index contributed by atoms with van der Waals surface area (Å²) >= 11 is 0. The van der Waals surface area contributed by atoms with Gasteiger partial charge in [0.25, 0.3) is 5.91 Å². The third-order valence-corrected chi connectivity index (χ3v) is 4.14. The van der Waals surface area contributed by atoms with Crippen LogP contribution < -0.4 is 9.80 Å². The number of morpholine rings is 1. The van der Waals surface area contributed by atoms with Crippen LogP contribution in [0.5, 0.6) is 0 Å². The van der Waals surface area contributed by atoms with Gasteiger partial charge in [0, 0.05) is 25.7 Å². The lowest BCUT2D eigenvalue weighted by Crippen LogP contribution is -2.36. The lowest BCUT2D eigenvalue weighted by Gasteiger charge is -2.28. The molecule has 1 amide bonds. The molecule has 1 aromatic carbocycles. The molecule has 1 saturated heterocycles. The molecule has 3 rings (SSSR count). The highest BCUT2D eigenvalue weighted by molar-refractivity contribution is 6.05. The van der Waals surface area contributed by atoms with E-state index < -0.39 is 0 Å². The lowest BCUT2D eigenvalue weighted by atomic mass is 10.1. The molecule has 0 bridgehead atoms. The number of ether oxygens (including phenoxy) is 1. The minimum atomic E-state index is -0.111. The highest BCUT2D eigenvalue weighted by atomic mass is 16.5. The molecule has 0 aliphatic carbocycles. The first-order valence-corrected chi connectivity index (χ1v) is 7.95. The van der Waals surface area contributed by atoms with Crippen molar-refractivity contribution in [2.75, 3.05) is 43.2 Å². The van der Waals surface area contributed by atoms with Crippen LogP contribution in [0, 0.1) is 0 Å². The lowest BCUT2D eigenvalue weighted by molar-refractivity contribution is 0.0993. The highest BCUT2D eigenvalue weighted by Crippen LogP contribution is 2.19. The van der Waals surface area contributed by atoms with Crippen molar-refractivity contribution in [3.63, 3.8) is 0 Å². The summed E-state index contributed by atoms with van der Waals surface area (Å²) in [6, 6.07) is 10.8. The van der Waals surface area contributed by atoms with Crippen LogP contribution in [-0.4, -0.2) is 49.3 Å². The summed E-state index contributed by atoms with van der Waals surface area (Å²) in [5.74, 6) is 0.788. The van der Waals surface area contributed by atoms with Gasteiger partial charge in [-0.2, -0.15) is 0 Å². The molecule has 2 aromatic rings. The quantitative estimate of drug-likeness (QED) is 0.926. The van der Waals surface area contributed by atoms with Crippen molar-refractivity contribution in [2.24, 2.45) is 0 Å². The van der Waals surface area contributed by atoms with Crippen LogP contribution in [-0.2, 0) is 11.3 Å². The zero-order valence-corrected chi connectivity index (χ0v) is 13.7. The van der Waals surface area contributed by atoms with Crippen molar-refractivity contribution in [3.05, 3.63) is 53.7 Å². The van der Waals surface area contributed by atoms with Gasteiger partial charge in [-0.1, -0.05) is 12.1 Å². The fourth-order valence-corrected chi connectivity index (χ4v) is 2.62. The van der Waals surface area contributed by atoms with E-state index in [1.54, 1.807) is 42.4 Å². The second-order valence-electron chi connectivity index (χ2n) is 5.69. The summed E-state index contributed by atoms with van der Waals surface area (Å²) in [5, 5.41) is 9.07. The number of amides is 1. The van der Waals surface area contributed by atoms with Gasteiger partial charge in [-0.05, 0) is 29.8 Å². The molecule has 6 nitrogen and oxygen atoms in total. The topological polar surface area (TPSA) is 65.9 Å². The first-order valence-electron chi connectivity index (χ1n) is 7.95. The summed E-state index contributed by atoms with van der Waals surface area (Å²) in [6.45, 7) is 3.06. The number of nitrogens with zero attached hydrogens (tertiary/aromatic N) is 3. The normalized spacial score (nSPS) is 14.5. The summed E-state index contributed by atoms with van der Waals surface area (Å²) in [7, 11) is 1.73. The fraction of sp³-hybridized carbons (Fsp3) is 0.333. The number of aromatic nitrogens is 1. The summed E-state index contributed by atoms with van der Waals surface area (Å²) in [5.41, 5.74) is 2.10. The Hall–Kier alpha value is -2.44. The van der Waals surface area contributed by atoms with Gasteiger partial charge >= 0.3 is 0 Å². The van der Waals surface area contributed by atoms with Crippen LogP contribution in [0.15, 0.2) is 42.6 Å². The minimum absolute atomic E-state index is 0.0305. The molecule has 2 heterocycles. The van der Waals surface area contributed by atoms with E-state index in [0.717, 1.165) is 30.2 Å². The maximum absolute atomic E-state index is 12.5. The van der Waals surface area contributed by atoms with Crippen molar-refractivity contribution in [1.29, 1.82) is 0 Å². The third kappa shape index (κ3) is 3.55. The predicted molar refractivity (Wildman–Crippen MR) is 92.4 cm³/mol. The molecule has 1 fully saturated rings. The molecule has 24 heavy (non-hydrogen) atoms. The molecule has 126 valence electrons. The molecule has 1 aromatic heterocycles. The SMILES string of the molecule is CN(C(=O)c1ccc(CO)cc1)c1ccc(N2CCOCC2)nc1. The second kappa shape index (κ2) is 7.42. The van der Waals surface area contributed by atoms with Gasteiger partial charge < -0.3 is 19.6 Å². The first-order chi connectivity index (χ1) is 11.7. The summed E-state index contributed by atoms with van der Waals surface area (Å²) < 4.78 is 5.34. The molecule has 1 N–H and O–H groups in total. The number of carbonyl (C=O) groups is 1. The number of aliphatic hydroxyl groups excluding tert-OH is 1. The second-order valence-corrected chi connectivity index (χ2v) is 5.69. The van der Waals surface area contributed by atoms with E-state index in [-0.39, 0.29) is 12.5 Å². The molecular formula is C18H21N3O3. The van der Waals surface area contributed by atoms with Gasteiger partial charge in [0.15, 0.2) is 0 Å². The van der Waals surface area contributed by atoms with Gasteiger partial charge in [-0.25, -0.2) is 4.98 Å². The van der Waals surface area contributed by atoms with E-state index in [1.807, 2.05) is 12.1 Å². The molecule has 0 unspecified atom stereocenters. The van der Waals surface area contributed by atoms with Gasteiger partial charge in [-0.3, -0.25) is 4.79 Å². The van der Waals surface area contributed by atoms with Crippen LogP contribution in [0.4, 0.5) is 11.5 Å². The van der Waals surface area contributed by atoms with Crippen molar-refractivity contribution in [1.82, 2.24) is 4.98 Å². The zero-order valence-electron chi connectivity index (χ0n) is 13.7. The monoisotopic (exact) mass is 327 g/mol. The van der Waals surface area contributed by atoms with Crippen molar-refractivity contribution in [2.45, 2.75) is 6.61 Å². The van der Waals surface area contributed by atoms with E-state index in [2.05, 4.69) is 9.88 Å². The Balaban J connectivity index is 1.71. The van der Waals surface area contributed by atoms with E-state index in [9.17, 15) is 4.79 Å². The van der Waals surface area contributed by atoms with Gasteiger partial charge in [0.05, 0.1) is 31.7 Å². The number of pyridine rings is 1. The predicted octanol–water partition coefficient (Wildman–Crippen LogP) is 1.69. The zero-order chi connectivity index (χ0) is 16.9. The third-order valence-electron chi connectivity index (χ3n) is 4.14. The Kier molecular flexibility index (Phi) is 5.08.